The Labute approximate surface area is 201 Å². The van der Waals surface area contributed by atoms with Crippen molar-refractivity contribution in [2.24, 2.45) is 10.2 Å². The molecular formula is C24H18N6O6. The Bertz CT molecular complexity index is 1810. The molecule has 0 atom stereocenters. The zero-order valence-electron chi connectivity index (χ0n) is 19.0. The number of phenolic OH excluding ortho intramolecular Hbond substituents is 2. The maximum Gasteiger partial charge on any atom is 0.336 e. The van der Waals surface area contributed by atoms with Crippen molar-refractivity contribution < 1.29 is 19.0 Å². The van der Waals surface area contributed by atoms with Crippen molar-refractivity contribution in [3.8, 4) is 11.5 Å². The van der Waals surface area contributed by atoms with Gasteiger partial charge in [-0.25, -0.2) is 15.0 Å². The molecule has 0 saturated heterocycles. The largest absolute Gasteiger partial charge is 0.507 e. The van der Waals surface area contributed by atoms with Gasteiger partial charge in [-0.05, 0) is 49.2 Å². The van der Waals surface area contributed by atoms with Crippen LogP contribution in [0.4, 0.5) is 5.95 Å². The maximum absolute atomic E-state index is 11.8. The first-order valence-corrected chi connectivity index (χ1v) is 10.6. The minimum absolute atomic E-state index is 0.0946. The summed E-state index contributed by atoms with van der Waals surface area (Å²) in [4.78, 5) is 23.7. The van der Waals surface area contributed by atoms with E-state index in [1.54, 1.807) is 26.0 Å². The molecule has 5 rings (SSSR count). The Kier molecular flexibility index (Phi) is 5.53. The van der Waals surface area contributed by atoms with Crippen LogP contribution in [0.1, 0.15) is 22.3 Å². The van der Waals surface area contributed by atoms with Gasteiger partial charge in [-0.15, -0.1) is 10.2 Å². The molecule has 3 heterocycles. The summed E-state index contributed by atoms with van der Waals surface area (Å²) in [6.45, 7) is 3.52. The van der Waals surface area contributed by atoms with Crippen molar-refractivity contribution in [1.29, 1.82) is 0 Å². The molecule has 0 unspecified atom stereocenters. The van der Waals surface area contributed by atoms with Gasteiger partial charge in [0, 0.05) is 22.9 Å². The Hall–Kier alpha value is -5.26. The van der Waals surface area contributed by atoms with Gasteiger partial charge < -0.3 is 19.0 Å². The number of hydrazone groups is 1. The van der Waals surface area contributed by atoms with E-state index >= 15 is 0 Å². The monoisotopic (exact) mass is 486 g/mol. The molecule has 0 radical (unpaired) electrons. The predicted molar refractivity (Wildman–Crippen MR) is 132 cm³/mol. The van der Waals surface area contributed by atoms with Crippen LogP contribution >= 0.6 is 0 Å². The first kappa shape index (κ1) is 22.5. The molecule has 180 valence electrons. The number of rotatable bonds is 5. The minimum Gasteiger partial charge on any atom is -0.507 e. The molecule has 0 aliphatic carbocycles. The van der Waals surface area contributed by atoms with E-state index < -0.39 is 11.3 Å². The van der Waals surface area contributed by atoms with E-state index in [4.69, 9.17) is 8.83 Å². The number of anilines is 1. The lowest BCUT2D eigenvalue weighted by Gasteiger charge is -2.06. The number of phenols is 2. The highest BCUT2D eigenvalue weighted by Gasteiger charge is 2.12. The topological polar surface area (TPSA) is 168 Å². The summed E-state index contributed by atoms with van der Waals surface area (Å²) in [6.07, 6.45) is 3.86. The number of aromatic hydroxyl groups is 2. The van der Waals surface area contributed by atoms with E-state index in [0.717, 1.165) is 0 Å². The predicted octanol–water partition coefficient (Wildman–Crippen LogP) is 2.85. The van der Waals surface area contributed by atoms with Crippen molar-refractivity contribution in [2.75, 3.05) is 5.43 Å². The Morgan fingerprint density at radius 2 is 1.44 bits per heavy atom. The Morgan fingerprint density at radius 1 is 0.889 bits per heavy atom. The molecule has 2 aromatic carbocycles. The average Bonchev–Trinajstić information content (AvgIpc) is 3.27. The molecular weight excluding hydrogens is 468 g/mol. The molecule has 0 aliphatic heterocycles. The quantitative estimate of drug-likeness (QED) is 0.192. The summed E-state index contributed by atoms with van der Waals surface area (Å²) >= 11 is 0. The van der Waals surface area contributed by atoms with E-state index in [0.29, 0.717) is 21.9 Å². The lowest BCUT2D eigenvalue weighted by molar-refractivity contribution is 0.471. The zero-order valence-corrected chi connectivity index (χ0v) is 19.0. The molecule has 36 heavy (non-hydrogen) atoms. The maximum atomic E-state index is 11.8. The number of aryl methyl sites for hydroxylation is 2. The van der Waals surface area contributed by atoms with Gasteiger partial charge in [0.25, 0.3) is 5.95 Å². The van der Waals surface area contributed by atoms with Gasteiger partial charge in [0.1, 0.15) is 17.8 Å². The smallest absolute Gasteiger partial charge is 0.336 e. The molecule has 12 nitrogen and oxygen atoms in total. The van der Waals surface area contributed by atoms with Gasteiger partial charge >= 0.3 is 11.3 Å². The molecule has 12 heteroatoms. The number of hydrogen-bond donors (Lipinski definition) is 3. The molecule has 5 aromatic rings. The fourth-order valence-corrected chi connectivity index (χ4v) is 3.70. The van der Waals surface area contributed by atoms with E-state index in [2.05, 4.69) is 25.8 Å². The molecule has 3 aromatic heterocycles. The molecule has 0 spiro atoms. The summed E-state index contributed by atoms with van der Waals surface area (Å²) in [5.74, 6) is -0.175. The van der Waals surface area contributed by atoms with Gasteiger partial charge in [0.15, 0.2) is 11.2 Å². The van der Waals surface area contributed by atoms with Crippen LogP contribution in [0.25, 0.3) is 21.9 Å². The normalized spacial score (nSPS) is 11.8. The summed E-state index contributed by atoms with van der Waals surface area (Å²) < 4.78 is 11.8. The van der Waals surface area contributed by atoms with Gasteiger partial charge in [0.05, 0.1) is 23.6 Å². The first-order chi connectivity index (χ1) is 17.3. The van der Waals surface area contributed by atoms with Gasteiger partial charge in [-0.3, -0.25) is 0 Å². The Morgan fingerprint density at radius 3 is 2.03 bits per heavy atom. The van der Waals surface area contributed by atoms with Gasteiger partial charge in [-0.2, -0.15) is 14.9 Å². The molecule has 0 bridgehead atoms. The van der Waals surface area contributed by atoms with E-state index in [1.165, 1.54) is 47.7 Å². The fraction of sp³-hybridized carbons (Fsp3) is 0.0833. The number of hydrogen-bond acceptors (Lipinski definition) is 11. The van der Waals surface area contributed by atoms with Crippen molar-refractivity contribution in [3.63, 3.8) is 0 Å². The van der Waals surface area contributed by atoms with E-state index in [9.17, 15) is 19.8 Å². The van der Waals surface area contributed by atoms with Crippen LogP contribution in [0.5, 0.6) is 11.5 Å². The van der Waals surface area contributed by atoms with Crippen LogP contribution in [-0.4, -0.2) is 37.5 Å². The van der Waals surface area contributed by atoms with Crippen molar-refractivity contribution in [2.45, 2.75) is 13.8 Å². The third-order valence-corrected chi connectivity index (χ3v) is 5.47. The summed E-state index contributed by atoms with van der Waals surface area (Å²) in [5, 5.41) is 37.8. The highest BCUT2D eigenvalue weighted by atomic mass is 16.4. The molecule has 0 aliphatic rings. The highest BCUT2D eigenvalue weighted by molar-refractivity contribution is 6.01. The zero-order chi connectivity index (χ0) is 25.4. The second kappa shape index (κ2) is 8.83. The van der Waals surface area contributed by atoms with Crippen LogP contribution in [0.15, 0.2) is 71.4 Å². The number of benzene rings is 2. The summed E-state index contributed by atoms with van der Waals surface area (Å²) in [5.41, 5.74) is 3.70. The average molecular weight is 486 g/mol. The third-order valence-electron chi connectivity index (χ3n) is 5.47. The van der Waals surface area contributed by atoms with Crippen molar-refractivity contribution in [3.05, 3.63) is 85.8 Å². The number of fused-ring (bicyclic) bond motifs is 2. The van der Waals surface area contributed by atoms with Crippen LogP contribution < -0.4 is 16.7 Å². The SMILES string of the molecule is Cc1cc(=O)oc2c(/C=N/Nc3nncn3/N=C/c3c(O)ccc4c(C)cc(=O)oc34)c(O)ccc12. The van der Waals surface area contributed by atoms with Crippen molar-refractivity contribution >= 4 is 40.3 Å². The minimum atomic E-state index is -0.552. The first-order valence-electron chi connectivity index (χ1n) is 10.6. The van der Waals surface area contributed by atoms with Gasteiger partial charge in [-0.1, -0.05) is 0 Å². The lowest BCUT2D eigenvalue weighted by Crippen LogP contribution is -2.02. The Balaban J connectivity index is 1.46. The second-order valence-corrected chi connectivity index (χ2v) is 7.86. The second-order valence-electron chi connectivity index (χ2n) is 7.86. The van der Waals surface area contributed by atoms with Crippen molar-refractivity contribution in [1.82, 2.24) is 14.9 Å². The van der Waals surface area contributed by atoms with E-state index in [-0.39, 0.29) is 39.7 Å². The standard InChI is InChI=1S/C24H18N6O6/c1-12-7-20(33)35-22-14(12)3-5-18(31)16(22)9-25-28-24-29-26-11-30(24)27-10-17-19(32)6-4-15-13(2)8-21(34)36-23(15)17/h3-11,31-32H,1-2H3,(H,28,29)/b25-9+,27-10+. The number of nitrogens with one attached hydrogen (secondary N) is 1. The number of nitrogens with zero attached hydrogens (tertiary/aromatic N) is 5. The van der Waals surface area contributed by atoms with Crippen LogP contribution in [0.2, 0.25) is 0 Å². The summed E-state index contributed by atoms with van der Waals surface area (Å²) in [6, 6.07) is 8.96. The van der Waals surface area contributed by atoms with E-state index in [1.807, 2.05) is 0 Å². The van der Waals surface area contributed by atoms with Crippen LogP contribution in [0, 0.1) is 13.8 Å². The fourth-order valence-electron chi connectivity index (χ4n) is 3.70. The van der Waals surface area contributed by atoms with Gasteiger partial charge in [0.2, 0.25) is 0 Å². The number of aromatic nitrogens is 3. The van der Waals surface area contributed by atoms with Crippen LogP contribution in [0.3, 0.4) is 0 Å². The van der Waals surface area contributed by atoms with Crippen LogP contribution in [-0.2, 0) is 0 Å². The molecule has 0 fully saturated rings. The lowest BCUT2D eigenvalue weighted by atomic mass is 10.1. The third kappa shape index (κ3) is 4.07. The highest BCUT2D eigenvalue weighted by Crippen LogP contribution is 2.28. The molecule has 3 N–H and O–H groups in total. The molecule has 0 amide bonds. The summed E-state index contributed by atoms with van der Waals surface area (Å²) in [7, 11) is 0. The molecule has 0 saturated carbocycles.